The number of amides is 2. The van der Waals surface area contributed by atoms with E-state index in [-0.39, 0.29) is 23.7 Å². The fourth-order valence-electron chi connectivity index (χ4n) is 5.32. The molecule has 0 N–H and O–H groups in total. The molecule has 0 aliphatic carbocycles. The Morgan fingerprint density at radius 1 is 0.861 bits per heavy atom. The van der Waals surface area contributed by atoms with Crippen LogP contribution in [0.15, 0.2) is 48.5 Å². The Morgan fingerprint density at radius 3 is 2.28 bits per heavy atom. The molecular formula is C29H35N5O2. The zero-order valence-electron chi connectivity index (χ0n) is 21.5. The Hall–Kier alpha value is -3.48. The molecule has 0 saturated carbocycles. The van der Waals surface area contributed by atoms with Crippen LogP contribution in [0.2, 0.25) is 0 Å². The van der Waals surface area contributed by atoms with Gasteiger partial charge in [0.05, 0.1) is 0 Å². The predicted molar refractivity (Wildman–Crippen MR) is 142 cm³/mol. The molecule has 2 aromatic carbocycles. The third-order valence-corrected chi connectivity index (χ3v) is 7.44. The summed E-state index contributed by atoms with van der Waals surface area (Å²) < 4.78 is 0. The van der Waals surface area contributed by atoms with Gasteiger partial charge in [-0.3, -0.25) is 9.59 Å². The summed E-state index contributed by atoms with van der Waals surface area (Å²) in [6.07, 6.45) is 1.44. The van der Waals surface area contributed by atoms with E-state index in [4.69, 9.17) is 4.98 Å². The van der Waals surface area contributed by atoms with Crippen molar-refractivity contribution in [1.82, 2.24) is 19.8 Å². The lowest BCUT2D eigenvalue weighted by atomic mass is 9.94. The van der Waals surface area contributed by atoms with E-state index in [0.29, 0.717) is 26.2 Å². The molecule has 0 radical (unpaired) electrons. The topological polar surface area (TPSA) is 69.6 Å². The molecule has 7 heteroatoms. The second kappa shape index (κ2) is 10.2. The standard InChI is InChI=1S/C29H35N5O2/c1-20(2)27-30-21(3)19-26(31-27)32-15-17-34(18-16-32)28(35)23-11-13-33(14-12-23)29(36)25-10-6-8-22-7-4-5-9-24(22)25/h4-10,19-20,23H,11-18H2,1-3H3. The maximum absolute atomic E-state index is 13.3. The van der Waals surface area contributed by atoms with E-state index in [0.717, 1.165) is 59.6 Å². The number of aromatic nitrogens is 2. The van der Waals surface area contributed by atoms with Crippen molar-refractivity contribution in [2.45, 2.75) is 39.5 Å². The number of anilines is 1. The number of carbonyl (C=O) groups is 2. The molecule has 2 aliphatic heterocycles. The molecule has 36 heavy (non-hydrogen) atoms. The molecule has 188 valence electrons. The van der Waals surface area contributed by atoms with E-state index in [9.17, 15) is 9.59 Å². The highest BCUT2D eigenvalue weighted by molar-refractivity contribution is 6.07. The fourth-order valence-corrected chi connectivity index (χ4v) is 5.32. The smallest absolute Gasteiger partial charge is 0.254 e. The predicted octanol–water partition coefficient (Wildman–Crippen LogP) is 4.26. The lowest BCUT2D eigenvalue weighted by Gasteiger charge is -2.39. The van der Waals surface area contributed by atoms with Crippen LogP contribution >= 0.6 is 0 Å². The molecule has 3 aromatic rings. The number of fused-ring (bicyclic) bond motifs is 1. The van der Waals surface area contributed by atoms with Gasteiger partial charge in [-0.2, -0.15) is 0 Å². The number of piperazine rings is 1. The van der Waals surface area contributed by atoms with Crippen LogP contribution in [0, 0.1) is 12.8 Å². The molecule has 7 nitrogen and oxygen atoms in total. The van der Waals surface area contributed by atoms with Gasteiger partial charge in [-0.05, 0) is 36.6 Å². The summed E-state index contributed by atoms with van der Waals surface area (Å²) in [4.78, 5) is 42.0. The Balaban J connectivity index is 1.16. The van der Waals surface area contributed by atoms with Crippen molar-refractivity contribution in [1.29, 1.82) is 0 Å². The minimum atomic E-state index is -0.0121. The Bertz CT molecular complexity index is 1250. The van der Waals surface area contributed by atoms with Gasteiger partial charge < -0.3 is 14.7 Å². The lowest BCUT2D eigenvalue weighted by molar-refractivity contribution is -0.137. The molecule has 2 fully saturated rings. The normalized spacial score (nSPS) is 17.2. The van der Waals surface area contributed by atoms with Crippen molar-refractivity contribution in [2.75, 3.05) is 44.2 Å². The first-order valence-corrected chi connectivity index (χ1v) is 13.1. The summed E-state index contributed by atoms with van der Waals surface area (Å²) in [6.45, 7) is 10.4. The van der Waals surface area contributed by atoms with Crippen LogP contribution in [0.5, 0.6) is 0 Å². The summed E-state index contributed by atoms with van der Waals surface area (Å²) in [7, 11) is 0. The first-order valence-electron chi connectivity index (χ1n) is 13.1. The second-order valence-corrected chi connectivity index (χ2v) is 10.3. The molecular weight excluding hydrogens is 450 g/mol. The zero-order chi connectivity index (χ0) is 25.2. The van der Waals surface area contributed by atoms with Crippen LogP contribution in [0.1, 0.15) is 54.5 Å². The van der Waals surface area contributed by atoms with Gasteiger partial charge in [0.25, 0.3) is 5.91 Å². The molecule has 0 bridgehead atoms. The van der Waals surface area contributed by atoms with Gasteiger partial charge in [0.1, 0.15) is 11.6 Å². The van der Waals surface area contributed by atoms with Gasteiger partial charge in [-0.25, -0.2) is 9.97 Å². The van der Waals surface area contributed by atoms with Crippen LogP contribution < -0.4 is 4.90 Å². The van der Waals surface area contributed by atoms with Crippen LogP contribution in [0.25, 0.3) is 10.8 Å². The number of likely N-dealkylation sites (tertiary alicyclic amines) is 1. The maximum atomic E-state index is 13.3. The largest absolute Gasteiger partial charge is 0.353 e. The highest BCUT2D eigenvalue weighted by Gasteiger charge is 2.32. The van der Waals surface area contributed by atoms with E-state index in [2.05, 4.69) is 23.7 Å². The first-order chi connectivity index (χ1) is 17.4. The van der Waals surface area contributed by atoms with E-state index >= 15 is 0 Å². The SMILES string of the molecule is Cc1cc(N2CCN(C(=O)C3CCN(C(=O)c4cccc5ccccc45)CC3)CC2)nc(C(C)C)n1. The van der Waals surface area contributed by atoms with Crippen LogP contribution in [-0.2, 0) is 4.79 Å². The number of hydrogen-bond acceptors (Lipinski definition) is 5. The summed E-state index contributed by atoms with van der Waals surface area (Å²) in [5, 5.41) is 2.06. The van der Waals surface area contributed by atoms with E-state index in [1.807, 2.05) is 65.3 Å². The second-order valence-electron chi connectivity index (χ2n) is 10.3. The number of piperidine rings is 1. The summed E-state index contributed by atoms with van der Waals surface area (Å²) >= 11 is 0. The minimum absolute atomic E-state index is 0.0121. The molecule has 0 unspecified atom stereocenters. The lowest BCUT2D eigenvalue weighted by Crippen LogP contribution is -2.52. The molecule has 2 saturated heterocycles. The average Bonchev–Trinajstić information content (AvgIpc) is 2.92. The number of nitrogens with zero attached hydrogens (tertiary/aromatic N) is 5. The first kappa shape index (κ1) is 24.2. The van der Waals surface area contributed by atoms with Gasteiger partial charge in [0.15, 0.2) is 0 Å². The number of aryl methyl sites for hydroxylation is 1. The van der Waals surface area contributed by atoms with Crippen LogP contribution in [0.3, 0.4) is 0 Å². The molecule has 1 aromatic heterocycles. The average molecular weight is 486 g/mol. The van der Waals surface area contributed by atoms with Crippen LogP contribution in [0.4, 0.5) is 5.82 Å². The molecule has 2 amide bonds. The van der Waals surface area contributed by atoms with E-state index in [1.165, 1.54) is 0 Å². The highest BCUT2D eigenvalue weighted by Crippen LogP contribution is 2.26. The molecule has 2 aliphatic rings. The minimum Gasteiger partial charge on any atom is -0.353 e. The summed E-state index contributed by atoms with van der Waals surface area (Å²) in [5.74, 6) is 2.39. The number of carbonyl (C=O) groups excluding carboxylic acids is 2. The van der Waals surface area contributed by atoms with Crippen LogP contribution in [-0.4, -0.2) is 70.9 Å². The highest BCUT2D eigenvalue weighted by atomic mass is 16.2. The Kier molecular flexibility index (Phi) is 6.90. The van der Waals surface area contributed by atoms with E-state index < -0.39 is 0 Å². The molecule has 5 rings (SSSR count). The third kappa shape index (κ3) is 4.92. The van der Waals surface area contributed by atoms with Gasteiger partial charge in [0, 0.05) is 68.4 Å². The fraction of sp³-hybridized carbons (Fsp3) is 0.448. The quantitative estimate of drug-likeness (QED) is 0.552. The Labute approximate surface area is 213 Å². The Morgan fingerprint density at radius 2 is 1.56 bits per heavy atom. The zero-order valence-corrected chi connectivity index (χ0v) is 21.5. The third-order valence-electron chi connectivity index (χ3n) is 7.44. The number of rotatable bonds is 4. The van der Waals surface area contributed by atoms with Gasteiger partial charge in [0.2, 0.25) is 5.91 Å². The monoisotopic (exact) mass is 485 g/mol. The number of hydrogen-bond donors (Lipinski definition) is 0. The van der Waals surface area contributed by atoms with Gasteiger partial charge in [-0.1, -0.05) is 50.2 Å². The molecule has 0 spiro atoms. The van der Waals surface area contributed by atoms with Gasteiger partial charge >= 0.3 is 0 Å². The van der Waals surface area contributed by atoms with Crippen molar-refractivity contribution in [3.8, 4) is 0 Å². The number of benzene rings is 2. The van der Waals surface area contributed by atoms with Gasteiger partial charge in [-0.15, -0.1) is 0 Å². The van der Waals surface area contributed by atoms with Crippen molar-refractivity contribution in [3.63, 3.8) is 0 Å². The molecule has 3 heterocycles. The van der Waals surface area contributed by atoms with Crippen molar-refractivity contribution in [2.24, 2.45) is 5.92 Å². The molecule has 0 atom stereocenters. The maximum Gasteiger partial charge on any atom is 0.254 e. The van der Waals surface area contributed by atoms with E-state index in [1.54, 1.807) is 0 Å². The van der Waals surface area contributed by atoms with Crippen molar-refractivity contribution >= 4 is 28.4 Å². The van der Waals surface area contributed by atoms with Crippen molar-refractivity contribution in [3.05, 3.63) is 65.6 Å². The summed E-state index contributed by atoms with van der Waals surface area (Å²) in [5.41, 5.74) is 1.72. The summed E-state index contributed by atoms with van der Waals surface area (Å²) in [6, 6.07) is 15.9. The van der Waals surface area contributed by atoms with Crippen molar-refractivity contribution < 1.29 is 9.59 Å².